The number of halogens is 1. The first-order chi connectivity index (χ1) is 8.63. The Bertz CT molecular complexity index is 522. The van der Waals surface area contributed by atoms with Crippen LogP contribution >= 0.6 is 12.4 Å². The zero-order valence-electron chi connectivity index (χ0n) is 12.1. The Morgan fingerprint density at radius 3 is 2.68 bits per heavy atom. The van der Waals surface area contributed by atoms with Crippen molar-refractivity contribution in [2.75, 3.05) is 20.7 Å². The topological polar surface area (TPSA) is 28.3 Å². The average molecular weight is 283 g/mol. The number of H-pyrrole nitrogens is 1. The minimum atomic E-state index is 0. The Hall–Kier alpha value is -1.19. The summed E-state index contributed by atoms with van der Waals surface area (Å²) in [5, 5.41) is 1.22. The molecule has 1 aromatic carbocycles. The predicted octanol–water partition coefficient (Wildman–Crippen LogP) is 3.48. The summed E-state index contributed by atoms with van der Waals surface area (Å²) >= 11 is 0. The van der Waals surface area contributed by atoms with Crippen LogP contribution in [0.1, 0.15) is 19.4 Å². The molecule has 3 nitrogen and oxygen atoms in total. The van der Waals surface area contributed by atoms with Crippen LogP contribution in [0.3, 0.4) is 0 Å². The summed E-state index contributed by atoms with van der Waals surface area (Å²) in [6.07, 6.45) is 3.14. The second-order valence-corrected chi connectivity index (χ2v) is 5.02. The second kappa shape index (κ2) is 6.83. The molecule has 0 radical (unpaired) electrons. The van der Waals surface area contributed by atoms with Gasteiger partial charge in [-0.1, -0.05) is 6.07 Å². The van der Waals surface area contributed by atoms with Gasteiger partial charge in [-0.15, -0.1) is 12.4 Å². The number of aromatic amines is 1. The number of fused-ring (bicyclic) bond motifs is 1. The molecule has 0 saturated heterocycles. The van der Waals surface area contributed by atoms with Gasteiger partial charge in [0.15, 0.2) is 0 Å². The fraction of sp³-hybridized carbons (Fsp3) is 0.467. The Morgan fingerprint density at radius 1 is 1.32 bits per heavy atom. The number of nitrogens with zero attached hydrogens (tertiary/aromatic N) is 1. The maximum Gasteiger partial charge on any atom is 0.128 e. The Kier molecular flexibility index (Phi) is 5.70. The third kappa shape index (κ3) is 3.43. The quantitative estimate of drug-likeness (QED) is 0.909. The van der Waals surface area contributed by atoms with Gasteiger partial charge in [-0.05, 0) is 45.0 Å². The number of likely N-dealkylation sites (N-methyl/N-ethyl adjacent to an activating group) is 1. The van der Waals surface area contributed by atoms with Crippen LogP contribution in [0.25, 0.3) is 10.9 Å². The summed E-state index contributed by atoms with van der Waals surface area (Å²) in [4.78, 5) is 5.67. The van der Waals surface area contributed by atoms with Crippen LogP contribution in [0, 0.1) is 0 Å². The van der Waals surface area contributed by atoms with E-state index in [-0.39, 0.29) is 12.4 Å². The van der Waals surface area contributed by atoms with E-state index in [0.29, 0.717) is 6.04 Å². The first-order valence-electron chi connectivity index (χ1n) is 6.46. The van der Waals surface area contributed by atoms with Gasteiger partial charge >= 0.3 is 0 Å². The van der Waals surface area contributed by atoms with E-state index in [1.807, 2.05) is 12.1 Å². The summed E-state index contributed by atoms with van der Waals surface area (Å²) in [6.45, 7) is 5.49. The molecule has 1 aromatic heterocycles. The van der Waals surface area contributed by atoms with Gasteiger partial charge in [0.25, 0.3) is 0 Å². The van der Waals surface area contributed by atoms with Crippen molar-refractivity contribution >= 4 is 23.3 Å². The maximum absolute atomic E-state index is 5.45. The van der Waals surface area contributed by atoms with Crippen molar-refractivity contribution in [2.24, 2.45) is 0 Å². The van der Waals surface area contributed by atoms with Crippen molar-refractivity contribution in [3.05, 3.63) is 30.0 Å². The van der Waals surface area contributed by atoms with E-state index < -0.39 is 0 Å². The summed E-state index contributed by atoms with van der Waals surface area (Å²) in [7, 11) is 3.89. The van der Waals surface area contributed by atoms with E-state index in [2.05, 4.69) is 43.0 Å². The number of hydrogen-bond donors (Lipinski definition) is 1. The van der Waals surface area contributed by atoms with Crippen LogP contribution in [0.2, 0.25) is 0 Å². The lowest BCUT2D eigenvalue weighted by Crippen LogP contribution is -2.28. The van der Waals surface area contributed by atoms with Gasteiger partial charge < -0.3 is 14.6 Å². The lowest BCUT2D eigenvalue weighted by Gasteiger charge is -2.20. The number of benzene rings is 1. The molecule has 4 heteroatoms. The highest BCUT2D eigenvalue weighted by Crippen LogP contribution is 2.28. The van der Waals surface area contributed by atoms with E-state index in [1.54, 1.807) is 7.11 Å². The van der Waals surface area contributed by atoms with Crippen LogP contribution in [-0.4, -0.2) is 36.6 Å². The minimum Gasteiger partial charge on any atom is -0.496 e. The molecular formula is C15H23ClN2O. The zero-order chi connectivity index (χ0) is 13.1. The first-order valence-corrected chi connectivity index (χ1v) is 6.46. The van der Waals surface area contributed by atoms with Crippen LogP contribution < -0.4 is 4.74 Å². The molecule has 0 amide bonds. The van der Waals surface area contributed by atoms with Crippen LogP contribution in [-0.2, 0) is 6.42 Å². The molecule has 0 unspecified atom stereocenters. The normalized spacial score (nSPS) is 11.1. The molecule has 0 bridgehead atoms. The SMILES string of the molecule is COc1cccc2[nH]cc(CCN(C)C(C)C)c12.Cl. The van der Waals surface area contributed by atoms with Gasteiger partial charge in [0.05, 0.1) is 7.11 Å². The highest BCUT2D eigenvalue weighted by atomic mass is 35.5. The summed E-state index contributed by atoms with van der Waals surface area (Å²) in [5.41, 5.74) is 2.48. The predicted molar refractivity (Wildman–Crippen MR) is 83.6 cm³/mol. The molecule has 0 spiro atoms. The summed E-state index contributed by atoms with van der Waals surface area (Å²) in [5.74, 6) is 0.955. The molecule has 1 N–H and O–H groups in total. The molecule has 0 fully saturated rings. The highest BCUT2D eigenvalue weighted by molar-refractivity contribution is 5.89. The van der Waals surface area contributed by atoms with Crippen LogP contribution in [0.5, 0.6) is 5.75 Å². The Balaban J connectivity index is 0.00000180. The van der Waals surface area contributed by atoms with Gasteiger partial charge in [-0.2, -0.15) is 0 Å². The maximum atomic E-state index is 5.45. The van der Waals surface area contributed by atoms with Crippen molar-refractivity contribution in [3.8, 4) is 5.75 Å². The lowest BCUT2D eigenvalue weighted by atomic mass is 10.1. The smallest absolute Gasteiger partial charge is 0.128 e. The van der Waals surface area contributed by atoms with Gasteiger partial charge in [-0.25, -0.2) is 0 Å². The molecule has 1 heterocycles. The number of nitrogens with one attached hydrogen (secondary N) is 1. The number of aromatic nitrogens is 1. The molecule has 0 aliphatic heterocycles. The zero-order valence-corrected chi connectivity index (χ0v) is 12.9. The molecule has 0 atom stereocenters. The van der Waals surface area contributed by atoms with Gasteiger partial charge in [0.2, 0.25) is 0 Å². The van der Waals surface area contributed by atoms with E-state index in [1.165, 1.54) is 10.9 Å². The summed E-state index contributed by atoms with van der Waals surface area (Å²) < 4.78 is 5.45. The average Bonchev–Trinajstić information content (AvgIpc) is 2.78. The van der Waals surface area contributed by atoms with Gasteiger partial charge in [0, 0.05) is 29.7 Å². The largest absolute Gasteiger partial charge is 0.496 e. The van der Waals surface area contributed by atoms with Crippen LogP contribution in [0.15, 0.2) is 24.4 Å². The van der Waals surface area contributed by atoms with E-state index >= 15 is 0 Å². The standard InChI is InChI=1S/C15H22N2O.ClH/c1-11(2)17(3)9-8-12-10-16-13-6-5-7-14(18-4)15(12)13;/h5-7,10-11,16H,8-9H2,1-4H3;1H. The monoisotopic (exact) mass is 282 g/mol. The molecule has 0 aliphatic carbocycles. The third-order valence-corrected chi connectivity index (χ3v) is 3.58. The van der Waals surface area contributed by atoms with Gasteiger partial charge in [0.1, 0.15) is 5.75 Å². The fourth-order valence-corrected chi connectivity index (χ4v) is 2.14. The molecular weight excluding hydrogens is 260 g/mol. The minimum absolute atomic E-state index is 0. The van der Waals surface area contributed by atoms with E-state index in [9.17, 15) is 0 Å². The Morgan fingerprint density at radius 2 is 2.05 bits per heavy atom. The summed E-state index contributed by atoms with van der Waals surface area (Å²) in [6, 6.07) is 6.71. The van der Waals surface area contributed by atoms with Crippen LogP contribution in [0.4, 0.5) is 0 Å². The molecule has 2 aromatic rings. The number of methoxy groups -OCH3 is 1. The van der Waals surface area contributed by atoms with E-state index in [0.717, 1.165) is 24.2 Å². The second-order valence-electron chi connectivity index (χ2n) is 5.02. The first kappa shape index (κ1) is 15.9. The van der Waals surface area contributed by atoms with Crippen molar-refractivity contribution in [1.29, 1.82) is 0 Å². The number of ether oxygens (including phenoxy) is 1. The lowest BCUT2D eigenvalue weighted by molar-refractivity contribution is 0.277. The van der Waals surface area contributed by atoms with Crippen molar-refractivity contribution in [3.63, 3.8) is 0 Å². The molecule has 0 aliphatic rings. The molecule has 106 valence electrons. The van der Waals surface area contributed by atoms with Crippen molar-refractivity contribution < 1.29 is 4.74 Å². The number of hydrogen-bond acceptors (Lipinski definition) is 2. The number of rotatable bonds is 5. The van der Waals surface area contributed by atoms with Gasteiger partial charge in [-0.3, -0.25) is 0 Å². The molecule has 0 saturated carbocycles. The fourth-order valence-electron chi connectivity index (χ4n) is 2.14. The highest BCUT2D eigenvalue weighted by Gasteiger charge is 2.10. The van der Waals surface area contributed by atoms with Crippen molar-refractivity contribution in [1.82, 2.24) is 9.88 Å². The third-order valence-electron chi connectivity index (χ3n) is 3.58. The van der Waals surface area contributed by atoms with Crippen molar-refractivity contribution in [2.45, 2.75) is 26.3 Å². The molecule has 2 rings (SSSR count). The molecule has 19 heavy (non-hydrogen) atoms. The Labute approximate surface area is 121 Å². The van der Waals surface area contributed by atoms with E-state index in [4.69, 9.17) is 4.74 Å².